The first-order valence-corrected chi connectivity index (χ1v) is 13.2. The second-order valence-corrected chi connectivity index (χ2v) is 10.5. The van der Waals surface area contributed by atoms with Crippen LogP contribution in [0.4, 0.5) is 10.2 Å². The fraction of sp³-hybridized carbons (Fsp3) is 0.310. The average Bonchev–Trinajstić information content (AvgIpc) is 3.50. The Kier molecular flexibility index (Phi) is 5.77. The van der Waals surface area contributed by atoms with Crippen molar-refractivity contribution in [1.29, 1.82) is 0 Å². The van der Waals surface area contributed by atoms with Crippen LogP contribution < -0.4 is 15.0 Å². The van der Waals surface area contributed by atoms with Gasteiger partial charge in [0, 0.05) is 37.9 Å². The minimum Gasteiger partial charge on any atom is -0.508 e. The Bertz CT molecular complexity index is 1700. The molecule has 2 saturated heterocycles. The highest BCUT2D eigenvalue weighted by molar-refractivity contribution is 5.99. The van der Waals surface area contributed by atoms with Crippen molar-refractivity contribution in [3.63, 3.8) is 0 Å². The van der Waals surface area contributed by atoms with Gasteiger partial charge in [0.15, 0.2) is 5.82 Å². The van der Waals surface area contributed by atoms with Crippen LogP contribution in [-0.4, -0.2) is 55.3 Å². The highest BCUT2D eigenvalue weighted by Gasteiger charge is 2.32. The summed E-state index contributed by atoms with van der Waals surface area (Å²) in [6.07, 6.45) is 7.22. The van der Waals surface area contributed by atoms with Crippen molar-refractivity contribution in [2.24, 2.45) is 13.0 Å². The smallest absolute Gasteiger partial charge is 0.319 e. The number of fused-ring (bicyclic) bond motifs is 4. The number of aromatic nitrogens is 5. The molecule has 7 rings (SSSR count). The normalized spacial score (nSPS) is 19.1. The molecule has 10 heteroatoms. The second kappa shape index (κ2) is 9.46. The predicted octanol–water partition coefficient (Wildman–Crippen LogP) is 4.19. The molecule has 2 N–H and O–H groups in total. The Morgan fingerprint density at radius 2 is 2.05 bits per heavy atom. The summed E-state index contributed by atoms with van der Waals surface area (Å²) in [6.45, 7) is 2.82. The van der Waals surface area contributed by atoms with Crippen molar-refractivity contribution in [3.8, 4) is 23.0 Å². The van der Waals surface area contributed by atoms with Crippen molar-refractivity contribution in [1.82, 2.24) is 29.8 Å². The largest absolute Gasteiger partial charge is 0.508 e. The number of pyridine rings is 1. The number of aromatic hydroxyl groups is 1. The van der Waals surface area contributed by atoms with Gasteiger partial charge >= 0.3 is 6.01 Å². The van der Waals surface area contributed by atoms with E-state index in [1.165, 1.54) is 0 Å². The number of ether oxygens (including phenoxy) is 1. The zero-order valence-electron chi connectivity index (χ0n) is 21.5. The first-order chi connectivity index (χ1) is 19.0. The molecule has 2 aliphatic rings. The number of phenolic OH excluding ortho intramolecular Hbond substituents is 1. The van der Waals surface area contributed by atoms with Crippen LogP contribution >= 0.6 is 0 Å². The molecule has 0 saturated carbocycles. The summed E-state index contributed by atoms with van der Waals surface area (Å²) >= 11 is 0. The molecule has 5 heterocycles. The van der Waals surface area contributed by atoms with Crippen molar-refractivity contribution in [2.45, 2.75) is 25.5 Å². The number of halogens is 1. The van der Waals surface area contributed by atoms with E-state index in [0.29, 0.717) is 28.7 Å². The van der Waals surface area contributed by atoms with E-state index in [2.05, 4.69) is 25.2 Å². The van der Waals surface area contributed by atoms with E-state index in [1.807, 2.05) is 35.9 Å². The van der Waals surface area contributed by atoms with Gasteiger partial charge in [-0.05, 0) is 48.2 Å². The summed E-state index contributed by atoms with van der Waals surface area (Å²) in [7, 11) is 1.88. The Labute approximate surface area is 224 Å². The summed E-state index contributed by atoms with van der Waals surface area (Å²) in [5.41, 5.74) is 1.60. The number of benzene rings is 2. The number of imidazole rings is 1. The van der Waals surface area contributed by atoms with E-state index in [4.69, 9.17) is 9.72 Å². The molecule has 0 aliphatic carbocycles. The Morgan fingerprint density at radius 3 is 2.92 bits per heavy atom. The van der Waals surface area contributed by atoms with E-state index in [1.54, 1.807) is 30.9 Å². The predicted molar refractivity (Wildman–Crippen MR) is 146 cm³/mol. The summed E-state index contributed by atoms with van der Waals surface area (Å²) < 4.78 is 24.3. The first-order valence-electron chi connectivity index (χ1n) is 13.2. The maximum atomic E-state index is 16.4. The molecule has 2 aliphatic heterocycles. The number of anilines is 1. The van der Waals surface area contributed by atoms with E-state index < -0.39 is 5.82 Å². The molecule has 39 heavy (non-hydrogen) atoms. The Balaban J connectivity index is 1.37. The molecule has 0 radical (unpaired) electrons. The van der Waals surface area contributed by atoms with Crippen LogP contribution in [0.25, 0.3) is 32.9 Å². The summed E-state index contributed by atoms with van der Waals surface area (Å²) in [5, 5.41) is 16.1. The number of aryl methyl sites for hydroxylation is 1. The first kappa shape index (κ1) is 23.8. The number of nitrogens with zero attached hydrogens (tertiary/aromatic N) is 6. The maximum absolute atomic E-state index is 16.4. The molecule has 2 aromatic carbocycles. The number of nitrogens with one attached hydrogen (secondary N) is 1. The van der Waals surface area contributed by atoms with E-state index in [0.717, 1.165) is 48.9 Å². The fourth-order valence-electron chi connectivity index (χ4n) is 5.82. The SMILES string of the molecule is Cn1cncc1COc1nc(N2CCC3CNC(C3)C2)c2cnc(-c3cc(O)cc4ccccc34)c(F)c2n1. The molecule has 2 unspecified atom stereocenters. The molecule has 0 amide bonds. The second-order valence-electron chi connectivity index (χ2n) is 10.5. The highest BCUT2D eigenvalue weighted by atomic mass is 19.1. The molecule has 3 aromatic heterocycles. The minimum atomic E-state index is -0.577. The Morgan fingerprint density at radius 1 is 1.15 bits per heavy atom. The molecule has 198 valence electrons. The third-order valence-electron chi connectivity index (χ3n) is 7.87. The lowest BCUT2D eigenvalue weighted by molar-refractivity contribution is 0.274. The van der Waals surface area contributed by atoms with Gasteiger partial charge in [-0.3, -0.25) is 4.98 Å². The van der Waals surface area contributed by atoms with Crippen LogP contribution in [-0.2, 0) is 13.7 Å². The number of hydrogen-bond acceptors (Lipinski definition) is 8. The lowest BCUT2D eigenvalue weighted by atomic mass is 10.0. The van der Waals surface area contributed by atoms with Gasteiger partial charge in [-0.1, -0.05) is 24.3 Å². The molecule has 0 spiro atoms. The lowest BCUT2D eigenvalue weighted by Gasteiger charge is -2.27. The third-order valence-corrected chi connectivity index (χ3v) is 7.87. The van der Waals surface area contributed by atoms with Crippen LogP contribution in [0.15, 0.2) is 55.1 Å². The van der Waals surface area contributed by atoms with Crippen LogP contribution in [0.2, 0.25) is 0 Å². The molecule has 2 atom stereocenters. The molecular formula is C29H28FN7O2. The van der Waals surface area contributed by atoms with Gasteiger partial charge in [0.2, 0.25) is 0 Å². The average molecular weight is 526 g/mol. The number of hydrogen-bond donors (Lipinski definition) is 2. The number of phenols is 1. The minimum absolute atomic E-state index is 0.0423. The van der Waals surface area contributed by atoms with Gasteiger partial charge in [0.1, 0.15) is 29.4 Å². The molecule has 2 bridgehead atoms. The zero-order chi connectivity index (χ0) is 26.5. The van der Waals surface area contributed by atoms with Gasteiger partial charge in [-0.2, -0.15) is 9.97 Å². The van der Waals surface area contributed by atoms with Crippen molar-refractivity contribution >= 4 is 27.5 Å². The highest BCUT2D eigenvalue weighted by Crippen LogP contribution is 2.37. The van der Waals surface area contributed by atoms with Gasteiger partial charge in [-0.15, -0.1) is 0 Å². The monoisotopic (exact) mass is 525 g/mol. The lowest BCUT2D eigenvalue weighted by Crippen LogP contribution is -2.39. The van der Waals surface area contributed by atoms with Gasteiger partial charge in [0.25, 0.3) is 0 Å². The fourth-order valence-corrected chi connectivity index (χ4v) is 5.82. The Hall–Kier alpha value is -4.31. The summed E-state index contributed by atoms with van der Waals surface area (Å²) in [4.78, 5) is 20.2. The number of rotatable bonds is 5. The van der Waals surface area contributed by atoms with Crippen LogP contribution in [0.1, 0.15) is 18.5 Å². The summed E-state index contributed by atoms with van der Waals surface area (Å²) in [6, 6.07) is 11.2. The van der Waals surface area contributed by atoms with E-state index >= 15 is 4.39 Å². The quantitative estimate of drug-likeness (QED) is 0.352. The van der Waals surface area contributed by atoms with E-state index in [9.17, 15) is 5.11 Å². The van der Waals surface area contributed by atoms with Gasteiger partial charge < -0.3 is 24.6 Å². The van der Waals surface area contributed by atoms with Gasteiger partial charge in [0.05, 0.1) is 23.6 Å². The van der Waals surface area contributed by atoms with Gasteiger partial charge in [-0.25, -0.2) is 9.37 Å². The van der Waals surface area contributed by atoms with Crippen molar-refractivity contribution < 1.29 is 14.2 Å². The third kappa shape index (κ3) is 4.30. The standard InChI is InChI=1S/C29H28FN7O2/c1-36-16-31-12-20(36)15-39-29-34-27-24(28(35-29)37-7-6-17-8-19(14-37)32-11-17)13-33-26(25(27)30)23-10-21(38)9-18-4-2-3-5-22(18)23/h2-5,9-10,12-13,16-17,19,32,38H,6-8,11,14-15H2,1H3. The molecular weight excluding hydrogens is 497 g/mol. The van der Waals surface area contributed by atoms with Crippen LogP contribution in [0, 0.1) is 11.7 Å². The molecule has 9 nitrogen and oxygen atoms in total. The van der Waals surface area contributed by atoms with Crippen LogP contribution in [0.5, 0.6) is 11.8 Å². The zero-order valence-corrected chi connectivity index (χ0v) is 21.5. The van der Waals surface area contributed by atoms with Crippen molar-refractivity contribution in [2.75, 3.05) is 24.5 Å². The molecule has 2 fully saturated rings. The maximum Gasteiger partial charge on any atom is 0.319 e. The van der Waals surface area contributed by atoms with Crippen molar-refractivity contribution in [3.05, 3.63) is 66.6 Å². The van der Waals surface area contributed by atoms with Crippen LogP contribution in [0.3, 0.4) is 0 Å². The van der Waals surface area contributed by atoms with E-state index in [-0.39, 0.29) is 29.6 Å². The molecule has 5 aromatic rings. The summed E-state index contributed by atoms with van der Waals surface area (Å²) in [5.74, 6) is 0.717. The topological polar surface area (TPSA) is 101 Å².